The summed E-state index contributed by atoms with van der Waals surface area (Å²) in [7, 11) is 0. The normalized spacial score (nSPS) is 22.6. The Hall–Kier alpha value is -2.14. The molecule has 2 saturated heterocycles. The molecule has 0 radical (unpaired) electrons. The molecule has 2 bridgehead atoms. The molecule has 0 saturated carbocycles. The average molecular weight is 386 g/mol. The van der Waals surface area contributed by atoms with Crippen molar-refractivity contribution in [3.63, 3.8) is 0 Å². The van der Waals surface area contributed by atoms with Gasteiger partial charge in [0.1, 0.15) is 0 Å². The fourth-order valence-electron chi connectivity index (χ4n) is 3.94. The van der Waals surface area contributed by atoms with E-state index in [1.807, 2.05) is 38.1 Å². The predicted molar refractivity (Wildman–Crippen MR) is 109 cm³/mol. The van der Waals surface area contributed by atoms with E-state index in [1.54, 1.807) is 0 Å². The molecule has 0 aromatic heterocycles. The first-order valence-corrected chi connectivity index (χ1v) is 10.2. The molecule has 0 spiro atoms. The number of anilines is 1. The van der Waals surface area contributed by atoms with Crippen LogP contribution in [0.25, 0.3) is 0 Å². The van der Waals surface area contributed by atoms with Crippen LogP contribution in [0, 0.1) is 11.3 Å². The van der Waals surface area contributed by atoms with Crippen molar-refractivity contribution in [2.24, 2.45) is 0 Å². The monoisotopic (exact) mass is 385 g/mol. The third-order valence-corrected chi connectivity index (χ3v) is 5.04. The molecule has 2 fully saturated rings. The van der Waals surface area contributed by atoms with Gasteiger partial charge in [-0.25, -0.2) is 0 Å². The number of fused-ring (bicyclic) bond motifs is 2. The first-order valence-electron chi connectivity index (χ1n) is 10.2. The second kappa shape index (κ2) is 9.87. The highest BCUT2D eigenvalue weighted by Gasteiger charge is 2.35. The number of ether oxygens (including phenoxy) is 1. The van der Waals surface area contributed by atoms with Crippen LogP contribution in [0.3, 0.4) is 0 Å². The Morgan fingerprint density at radius 1 is 1.18 bits per heavy atom. The molecular weight excluding hydrogens is 354 g/mol. The number of hydrogen-bond donors (Lipinski definition) is 2. The van der Waals surface area contributed by atoms with E-state index in [0.29, 0.717) is 12.1 Å². The molecule has 1 aromatic rings. The summed E-state index contributed by atoms with van der Waals surface area (Å²) in [6.45, 7) is 9.87. The highest BCUT2D eigenvalue weighted by atomic mass is 16.5. The number of amides is 1. The molecule has 2 heterocycles. The highest BCUT2D eigenvalue weighted by Crippen LogP contribution is 2.19. The van der Waals surface area contributed by atoms with Crippen LogP contribution in [-0.2, 0) is 9.53 Å². The Balaban J connectivity index is 1.36. The van der Waals surface area contributed by atoms with Gasteiger partial charge >= 0.3 is 0 Å². The molecule has 1 amide bonds. The van der Waals surface area contributed by atoms with Crippen molar-refractivity contribution in [2.75, 3.05) is 51.1 Å². The summed E-state index contributed by atoms with van der Waals surface area (Å²) in [5.41, 5.74) is 1.73. The molecule has 152 valence electrons. The SMILES string of the molecule is CC(C)NC(=O)CN1CC2CN(CCCNc3ccc(C#N)cc3)CC(C1)O2. The van der Waals surface area contributed by atoms with Gasteiger partial charge < -0.3 is 15.4 Å². The summed E-state index contributed by atoms with van der Waals surface area (Å²) in [6.07, 6.45) is 1.43. The third kappa shape index (κ3) is 6.20. The number of carbonyl (C=O) groups is 1. The summed E-state index contributed by atoms with van der Waals surface area (Å²) in [5, 5.41) is 15.2. The summed E-state index contributed by atoms with van der Waals surface area (Å²) in [5.74, 6) is 0.0979. The van der Waals surface area contributed by atoms with E-state index in [4.69, 9.17) is 10.00 Å². The lowest BCUT2D eigenvalue weighted by Gasteiger charge is -2.45. The smallest absolute Gasteiger partial charge is 0.234 e. The highest BCUT2D eigenvalue weighted by molar-refractivity contribution is 5.78. The lowest BCUT2D eigenvalue weighted by molar-refractivity contribution is -0.145. The number of nitriles is 1. The number of benzene rings is 1. The van der Waals surface area contributed by atoms with Crippen molar-refractivity contribution in [1.82, 2.24) is 15.1 Å². The maximum Gasteiger partial charge on any atom is 0.234 e. The lowest BCUT2D eigenvalue weighted by atomic mass is 10.1. The van der Waals surface area contributed by atoms with Crippen molar-refractivity contribution in [2.45, 2.75) is 38.5 Å². The maximum absolute atomic E-state index is 12.0. The van der Waals surface area contributed by atoms with Crippen LogP contribution in [0.1, 0.15) is 25.8 Å². The molecule has 2 atom stereocenters. The molecular formula is C21H31N5O2. The van der Waals surface area contributed by atoms with Crippen LogP contribution >= 0.6 is 0 Å². The van der Waals surface area contributed by atoms with Gasteiger partial charge in [0, 0.05) is 51.0 Å². The topological polar surface area (TPSA) is 80.6 Å². The fourth-order valence-corrected chi connectivity index (χ4v) is 3.94. The van der Waals surface area contributed by atoms with Gasteiger partial charge in [-0.2, -0.15) is 5.26 Å². The zero-order valence-electron chi connectivity index (χ0n) is 16.9. The van der Waals surface area contributed by atoms with E-state index in [1.165, 1.54) is 0 Å². The van der Waals surface area contributed by atoms with Gasteiger partial charge in [-0.15, -0.1) is 0 Å². The average Bonchev–Trinajstić information content (AvgIpc) is 2.64. The van der Waals surface area contributed by atoms with Crippen molar-refractivity contribution < 1.29 is 9.53 Å². The van der Waals surface area contributed by atoms with Crippen LogP contribution in [0.15, 0.2) is 24.3 Å². The van der Waals surface area contributed by atoms with Gasteiger partial charge in [-0.05, 0) is 44.5 Å². The van der Waals surface area contributed by atoms with Crippen LogP contribution in [0.5, 0.6) is 0 Å². The summed E-state index contributed by atoms with van der Waals surface area (Å²) in [4.78, 5) is 16.7. The van der Waals surface area contributed by atoms with Crippen LogP contribution in [0.2, 0.25) is 0 Å². The Morgan fingerprint density at radius 2 is 1.82 bits per heavy atom. The minimum Gasteiger partial charge on any atom is -0.385 e. The molecule has 28 heavy (non-hydrogen) atoms. The second-order valence-electron chi connectivity index (χ2n) is 8.03. The quantitative estimate of drug-likeness (QED) is 0.656. The second-order valence-corrected chi connectivity index (χ2v) is 8.03. The van der Waals surface area contributed by atoms with Gasteiger partial charge in [0.15, 0.2) is 0 Å². The van der Waals surface area contributed by atoms with Crippen molar-refractivity contribution in [1.29, 1.82) is 5.26 Å². The van der Waals surface area contributed by atoms with Crippen molar-refractivity contribution >= 4 is 11.6 Å². The molecule has 3 rings (SSSR count). The molecule has 7 heteroatoms. The number of morpholine rings is 2. The summed E-state index contributed by atoms with van der Waals surface area (Å²) >= 11 is 0. The fraction of sp³-hybridized carbons (Fsp3) is 0.619. The van der Waals surface area contributed by atoms with E-state index in [0.717, 1.165) is 51.4 Å². The van der Waals surface area contributed by atoms with Gasteiger partial charge in [0.25, 0.3) is 0 Å². The Kier molecular flexibility index (Phi) is 7.26. The number of rotatable bonds is 8. The van der Waals surface area contributed by atoms with E-state index >= 15 is 0 Å². The molecule has 0 aliphatic carbocycles. The van der Waals surface area contributed by atoms with E-state index in [-0.39, 0.29) is 24.2 Å². The van der Waals surface area contributed by atoms with Gasteiger partial charge in [-0.3, -0.25) is 14.6 Å². The first kappa shape index (κ1) is 20.6. The van der Waals surface area contributed by atoms with Crippen LogP contribution in [0.4, 0.5) is 5.69 Å². The molecule has 7 nitrogen and oxygen atoms in total. The van der Waals surface area contributed by atoms with E-state index in [2.05, 4.69) is 26.5 Å². The molecule has 2 aliphatic rings. The molecule has 2 unspecified atom stereocenters. The van der Waals surface area contributed by atoms with Gasteiger partial charge in [0.2, 0.25) is 5.91 Å². The summed E-state index contributed by atoms with van der Waals surface area (Å²) in [6, 6.07) is 9.87. The lowest BCUT2D eigenvalue weighted by Crippen LogP contribution is -2.60. The Morgan fingerprint density at radius 3 is 2.43 bits per heavy atom. The molecule has 2 aliphatic heterocycles. The predicted octanol–water partition coefficient (Wildman–Crippen LogP) is 1.27. The van der Waals surface area contributed by atoms with Crippen molar-refractivity contribution in [3.05, 3.63) is 29.8 Å². The standard InChI is InChI=1S/C21H31N5O2/c1-16(2)24-21(27)15-26-13-19-11-25(12-20(14-26)28-19)9-3-8-23-18-6-4-17(10-22)5-7-18/h4-7,16,19-20,23H,3,8-9,11-15H2,1-2H3,(H,24,27). The van der Waals surface area contributed by atoms with E-state index < -0.39 is 0 Å². The Bertz CT molecular complexity index is 671. The molecule has 1 aromatic carbocycles. The molecule has 2 N–H and O–H groups in total. The zero-order valence-corrected chi connectivity index (χ0v) is 16.9. The Labute approximate surface area is 167 Å². The summed E-state index contributed by atoms with van der Waals surface area (Å²) < 4.78 is 6.09. The number of carbonyl (C=O) groups excluding carboxylic acids is 1. The van der Waals surface area contributed by atoms with Gasteiger partial charge in [0.05, 0.1) is 30.4 Å². The third-order valence-electron chi connectivity index (χ3n) is 5.04. The minimum absolute atomic E-state index is 0.0979. The maximum atomic E-state index is 12.0. The first-order chi connectivity index (χ1) is 13.5. The van der Waals surface area contributed by atoms with Crippen molar-refractivity contribution in [3.8, 4) is 6.07 Å². The number of hydrogen-bond acceptors (Lipinski definition) is 6. The van der Waals surface area contributed by atoms with Crippen LogP contribution < -0.4 is 10.6 Å². The van der Waals surface area contributed by atoms with E-state index in [9.17, 15) is 4.79 Å². The van der Waals surface area contributed by atoms with Gasteiger partial charge in [-0.1, -0.05) is 0 Å². The van der Waals surface area contributed by atoms with Crippen LogP contribution in [-0.4, -0.2) is 79.8 Å². The number of nitrogens with one attached hydrogen (secondary N) is 2. The largest absolute Gasteiger partial charge is 0.385 e. The minimum atomic E-state index is 0.0979. The zero-order chi connectivity index (χ0) is 19.9. The number of nitrogens with zero attached hydrogens (tertiary/aromatic N) is 3.